The topological polar surface area (TPSA) is 76.1 Å². The number of carbonyl (C=O) groups is 2. The Morgan fingerprint density at radius 3 is 2.26 bits per heavy atom. The third-order valence-corrected chi connectivity index (χ3v) is 4.94. The molecule has 6 heteroatoms. The van der Waals surface area contributed by atoms with E-state index in [9.17, 15) is 14.7 Å². The maximum atomic E-state index is 12.7. The minimum Gasteiger partial charge on any atom is -0.396 e. The molecule has 2 heterocycles. The largest absolute Gasteiger partial charge is 0.396 e. The normalized spacial score (nSPS) is 34.8. The molecular weight excluding hydrogens is 298 g/mol. The molecule has 1 N–H and O–H groups in total. The zero-order chi connectivity index (χ0) is 16.4. The summed E-state index contributed by atoms with van der Waals surface area (Å²) in [5.74, 6) is -1.50. The maximum Gasteiger partial charge on any atom is 0.261 e. The van der Waals surface area contributed by atoms with Gasteiger partial charge in [-0.2, -0.15) is 0 Å². The first kappa shape index (κ1) is 14.8. The van der Waals surface area contributed by atoms with E-state index < -0.39 is 17.9 Å². The molecular formula is C17H19NO5. The smallest absolute Gasteiger partial charge is 0.261 e. The SMILES string of the molecule is CC1(C)O[C@@H]2[C@H](O1)C(CO)C[C@H]2N1C(=O)c2ccccc2C1=O. The predicted octanol–water partition coefficient (Wildman–Crippen LogP) is 1.18. The predicted molar refractivity (Wildman–Crippen MR) is 79.7 cm³/mol. The lowest BCUT2D eigenvalue weighted by Crippen LogP contribution is -2.46. The van der Waals surface area contributed by atoms with Crippen molar-refractivity contribution >= 4 is 11.8 Å². The Morgan fingerprint density at radius 1 is 1.13 bits per heavy atom. The molecule has 1 aliphatic carbocycles. The van der Waals surface area contributed by atoms with Crippen molar-refractivity contribution in [1.82, 2.24) is 4.90 Å². The molecule has 1 saturated heterocycles. The first-order chi connectivity index (χ1) is 10.9. The van der Waals surface area contributed by atoms with Gasteiger partial charge in [0.25, 0.3) is 11.8 Å². The van der Waals surface area contributed by atoms with Crippen molar-refractivity contribution in [3.05, 3.63) is 35.4 Å². The van der Waals surface area contributed by atoms with Crippen molar-refractivity contribution in [2.24, 2.45) is 5.92 Å². The Hall–Kier alpha value is -1.76. The van der Waals surface area contributed by atoms with Crippen LogP contribution in [0.5, 0.6) is 0 Å². The number of ether oxygens (including phenoxy) is 2. The summed E-state index contributed by atoms with van der Waals surface area (Å²) in [5.41, 5.74) is 0.861. The third kappa shape index (κ3) is 2.06. The molecule has 1 saturated carbocycles. The highest BCUT2D eigenvalue weighted by Crippen LogP contribution is 2.44. The van der Waals surface area contributed by atoms with Crippen LogP contribution >= 0.6 is 0 Å². The van der Waals surface area contributed by atoms with Gasteiger partial charge in [-0.15, -0.1) is 0 Å². The van der Waals surface area contributed by atoms with Crippen molar-refractivity contribution in [1.29, 1.82) is 0 Å². The summed E-state index contributed by atoms with van der Waals surface area (Å²) in [6.07, 6.45) is -0.207. The van der Waals surface area contributed by atoms with E-state index in [0.717, 1.165) is 0 Å². The number of carbonyl (C=O) groups excluding carboxylic acids is 2. The molecule has 1 aromatic carbocycles. The fourth-order valence-electron chi connectivity index (χ4n) is 4.00. The summed E-state index contributed by atoms with van der Waals surface area (Å²) in [6, 6.07) is 6.43. The van der Waals surface area contributed by atoms with Crippen molar-refractivity contribution in [2.45, 2.75) is 44.3 Å². The summed E-state index contributed by atoms with van der Waals surface area (Å²) in [6.45, 7) is 3.55. The van der Waals surface area contributed by atoms with Crippen LogP contribution in [0.1, 0.15) is 41.0 Å². The van der Waals surface area contributed by atoms with E-state index >= 15 is 0 Å². The van der Waals surface area contributed by atoms with Gasteiger partial charge in [-0.3, -0.25) is 14.5 Å². The Kier molecular flexibility index (Phi) is 3.13. The second-order valence-corrected chi connectivity index (χ2v) is 6.84. The molecule has 122 valence electrons. The maximum absolute atomic E-state index is 12.7. The number of rotatable bonds is 2. The number of hydrogen-bond acceptors (Lipinski definition) is 5. The first-order valence-electron chi connectivity index (χ1n) is 7.86. The van der Waals surface area contributed by atoms with Gasteiger partial charge in [-0.05, 0) is 32.4 Å². The van der Waals surface area contributed by atoms with Gasteiger partial charge in [0, 0.05) is 12.5 Å². The minimum atomic E-state index is -0.778. The fraction of sp³-hybridized carbons (Fsp3) is 0.529. The third-order valence-electron chi connectivity index (χ3n) is 4.94. The Morgan fingerprint density at radius 2 is 1.70 bits per heavy atom. The standard InChI is InChI=1S/C17H19NO5/c1-17(2)22-13-9(8-19)7-12(14(13)23-17)18-15(20)10-5-3-4-6-11(10)16(18)21/h3-6,9,12-14,19H,7-8H2,1-2H3/t9?,12-,13-,14+/m1/s1. The number of amides is 2. The zero-order valence-electron chi connectivity index (χ0n) is 13.1. The number of benzene rings is 1. The van der Waals surface area contributed by atoms with Crippen LogP contribution in [0.3, 0.4) is 0 Å². The van der Waals surface area contributed by atoms with Gasteiger partial charge in [0.05, 0.1) is 23.3 Å². The van der Waals surface area contributed by atoms with Crippen molar-refractivity contribution in [3.63, 3.8) is 0 Å². The molecule has 1 unspecified atom stereocenters. The van der Waals surface area contributed by atoms with Gasteiger partial charge >= 0.3 is 0 Å². The molecule has 1 aromatic rings. The lowest BCUT2D eigenvalue weighted by Gasteiger charge is -2.28. The van der Waals surface area contributed by atoms with Crippen molar-refractivity contribution in [3.8, 4) is 0 Å². The quantitative estimate of drug-likeness (QED) is 0.829. The average Bonchev–Trinajstić information content (AvgIpc) is 3.08. The van der Waals surface area contributed by atoms with E-state index in [1.165, 1.54) is 4.90 Å². The van der Waals surface area contributed by atoms with Gasteiger partial charge in [0.2, 0.25) is 0 Å². The first-order valence-corrected chi connectivity index (χ1v) is 7.86. The molecule has 0 aromatic heterocycles. The van der Waals surface area contributed by atoms with Crippen LogP contribution in [0.2, 0.25) is 0 Å². The van der Waals surface area contributed by atoms with Crippen LogP contribution in [-0.2, 0) is 9.47 Å². The molecule has 2 aliphatic heterocycles. The van der Waals surface area contributed by atoms with Crippen molar-refractivity contribution < 1.29 is 24.2 Å². The summed E-state index contributed by atoms with van der Waals surface area (Å²) in [7, 11) is 0. The summed E-state index contributed by atoms with van der Waals surface area (Å²) in [4.78, 5) is 26.7. The molecule has 2 fully saturated rings. The molecule has 4 rings (SSSR count). The number of hydrogen-bond donors (Lipinski definition) is 1. The molecule has 0 bridgehead atoms. The van der Waals surface area contributed by atoms with Crippen LogP contribution in [0.4, 0.5) is 0 Å². The van der Waals surface area contributed by atoms with Gasteiger partial charge in [-0.1, -0.05) is 12.1 Å². The second kappa shape index (κ2) is 4.87. The molecule has 0 radical (unpaired) electrons. The van der Waals surface area contributed by atoms with Gasteiger partial charge < -0.3 is 14.6 Å². The fourth-order valence-corrected chi connectivity index (χ4v) is 4.00. The molecule has 0 spiro atoms. The molecule has 4 atom stereocenters. The Labute approximate surface area is 134 Å². The summed E-state index contributed by atoms with van der Waals surface area (Å²) >= 11 is 0. The average molecular weight is 317 g/mol. The van der Waals surface area contributed by atoms with E-state index in [0.29, 0.717) is 17.5 Å². The minimum absolute atomic E-state index is 0.0553. The monoisotopic (exact) mass is 317 g/mol. The van der Waals surface area contributed by atoms with Crippen molar-refractivity contribution in [2.75, 3.05) is 6.61 Å². The highest BCUT2D eigenvalue weighted by molar-refractivity contribution is 6.21. The van der Waals surface area contributed by atoms with E-state index in [4.69, 9.17) is 9.47 Å². The van der Waals surface area contributed by atoms with E-state index in [-0.39, 0.29) is 30.4 Å². The summed E-state index contributed by atoms with van der Waals surface area (Å²) in [5, 5.41) is 9.63. The molecule has 2 amide bonds. The molecule has 3 aliphatic rings. The Bertz CT molecular complexity index is 650. The number of aliphatic hydroxyl groups excluding tert-OH is 1. The van der Waals surface area contributed by atoms with E-state index in [1.54, 1.807) is 38.1 Å². The summed E-state index contributed by atoms with van der Waals surface area (Å²) < 4.78 is 11.8. The number of fused-ring (bicyclic) bond motifs is 2. The van der Waals surface area contributed by atoms with Crippen LogP contribution in [0, 0.1) is 5.92 Å². The van der Waals surface area contributed by atoms with Gasteiger partial charge in [-0.25, -0.2) is 0 Å². The Balaban J connectivity index is 1.69. The highest BCUT2D eigenvalue weighted by Gasteiger charge is 2.58. The van der Waals surface area contributed by atoms with Crippen LogP contribution in [0.25, 0.3) is 0 Å². The van der Waals surface area contributed by atoms with E-state index in [1.807, 2.05) is 0 Å². The van der Waals surface area contributed by atoms with Gasteiger partial charge in [0.15, 0.2) is 5.79 Å². The lowest BCUT2D eigenvalue weighted by atomic mass is 10.1. The number of imide groups is 1. The van der Waals surface area contributed by atoms with E-state index in [2.05, 4.69) is 0 Å². The highest BCUT2D eigenvalue weighted by atomic mass is 16.8. The van der Waals surface area contributed by atoms with Crippen LogP contribution in [-0.4, -0.2) is 52.5 Å². The lowest BCUT2D eigenvalue weighted by molar-refractivity contribution is -0.162. The van der Waals surface area contributed by atoms with Crippen LogP contribution in [0.15, 0.2) is 24.3 Å². The van der Waals surface area contributed by atoms with Crippen LogP contribution < -0.4 is 0 Å². The second-order valence-electron chi connectivity index (χ2n) is 6.84. The van der Waals surface area contributed by atoms with Gasteiger partial charge in [0.1, 0.15) is 6.10 Å². The zero-order valence-corrected chi connectivity index (χ0v) is 13.1. The molecule has 23 heavy (non-hydrogen) atoms. The number of nitrogens with zero attached hydrogens (tertiary/aromatic N) is 1. The number of aliphatic hydroxyl groups is 1. The molecule has 6 nitrogen and oxygen atoms in total.